The lowest BCUT2D eigenvalue weighted by molar-refractivity contribution is 0.299. The van der Waals surface area contributed by atoms with Crippen molar-refractivity contribution in [2.75, 3.05) is 0 Å². The lowest BCUT2D eigenvalue weighted by atomic mass is 10.0. The Labute approximate surface area is 113 Å². The lowest BCUT2D eigenvalue weighted by Crippen LogP contribution is -2.01. The second kappa shape index (κ2) is 5.83. The van der Waals surface area contributed by atoms with Crippen molar-refractivity contribution in [2.45, 2.75) is 33.3 Å². The van der Waals surface area contributed by atoms with E-state index >= 15 is 0 Å². The molecule has 100 valence electrons. The van der Waals surface area contributed by atoms with Gasteiger partial charge < -0.3 is 4.74 Å². The maximum absolute atomic E-state index is 13.6. The maximum atomic E-state index is 13.6. The van der Waals surface area contributed by atoms with Gasteiger partial charge in [-0.2, -0.15) is 0 Å². The quantitative estimate of drug-likeness (QED) is 0.819. The first-order valence-electron chi connectivity index (χ1n) is 6.40. The summed E-state index contributed by atoms with van der Waals surface area (Å²) in [6.07, 6.45) is 1.75. The van der Waals surface area contributed by atoms with E-state index in [9.17, 15) is 4.39 Å². The van der Waals surface area contributed by atoms with Crippen LogP contribution in [0.25, 0.3) is 0 Å². The molecule has 1 heterocycles. The summed E-state index contributed by atoms with van der Waals surface area (Å²) in [6.45, 7) is 6.32. The third-order valence-electron chi connectivity index (χ3n) is 3.08. The molecule has 0 aliphatic heterocycles. The van der Waals surface area contributed by atoms with Gasteiger partial charge in [0.2, 0.25) is 0 Å². The molecule has 19 heavy (non-hydrogen) atoms. The van der Waals surface area contributed by atoms with Crippen LogP contribution in [0, 0.1) is 12.7 Å². The third kappa shape index (κ3) is 3.31. The average Bonchev–Trinajstić information content (AvgIpc) is 2.39. The number of benzene rings is 1. The highest BCUT2D eigenvalue weighted by Crippen LogP contribution is 2.24. The van der Waals surface area contributed by atoms with Crippen LogP contribution in [-0.2, 0) is 6.61 Å². The van der Waals surface area contributed by atoms with Crippen molar-refractivity contribution >= 4 is 0 Å². The van der Waals surface area contributed by atoms with Crippen LogP contribution in [0.1, 0.15) is 36.6 Å². The summed E-state index contributed by atoms with van der Waals surface area (Å²) < 4.78 is 19.3. The van der Waals surface area contributed by atoms with Crippen LogP contribution in [0.3, 0.4) is 0 Å². The van der Waals surface area contributed by atoms with Crippen molar-refractivity contribution in [1.29, 1.82) is 0 Å². The number of rotatable bonds is 4. The minimum Gasteiger partial charge on any atom is -0.487 e. The van der Waals surface area contributed by atoms with Gasteiger partial charge in [-0.1, -0.05) is 19.9 Å². The molecule has 0 aliphatic rings. The lowest BCUT2D eigenvalue weighted by Gasteiger charge is -2.11. The van der Waals surface area contributed by atoms with Crippen LogP contribution in [0.15, 0.2) is 36.5 Å². The van der Waals surface area contributed by atoms with E-state index < -0.39 is 0 Å². The van der Waals surface area contributed by atoms with Gasteiger partial charge in [-0.15, -0.1) is 0 Å². The summed E-state index contributed by atoms with van der Waals surface area (Å²) in [5.74, 6) is 0.631. The normalized spacial score (nSPS) is 10.8. The Balaban J connectivity index is 2.12. The highest BCUT2D eigenvalue weighted by molar-refractivity contribution is 5.32. The molecule has 1 aromatic heterocycles. The average molecular weight is 259 g/mol. The number of pyridine rings is 1. The second-order valence-electron chi connectivity index (χ2n) is 4.89. The van der Waals surface area contributed by atoms with Crippen LogP contribution in [0.4, 0.5) is 4.39 Å². The zero-order valence-electron chi connectivity index (χ0n) is 11.5. The van der Waals surface area contributed by atoms with Crippen LogP contribution in [-0.4, -0.2) is 4.98 Å². The molecule has 0 saturated carbocycles. The summed E-state index contributed by atoms with van der Waals surface area (Å²) in [6, 6.07) is 8.76. The van der Waals surface area contributed by atoms with E-state index in [1.54, 1.807) is 18.3 Å². The van der Waals surface area contributed by atoms with Crippen LogP contribution < -0.4 is 4.74 Å². The number of ether oxygens (including phenoxy) is 1. The topological polar surface area (TPSA) is 22.1 Å². The van der Waals surface area contributed by atoms with E-state index in [0.717, 1.165) is 11.3 Å². The highest BCUT2D eigenvalue weighted by Gasteiger charge is 2.08. The summed E-state index contributed by atoms with van der Waals surface area (Å²) in [5.41, 5.74) is 2.67. The standard InChI is InChI=1S/C16H18FNO/c1-11(2)14-9-13(6-7-15(14)17)19-10-16-12(3)5-4-8-18-16/h4-9,11H,10H2,1-3H3. The van der Waals surface area contributed by atoms with Gasteiger partial charge in [0.15, 0.2) is 0 Å². The number of aryl methyl sites for hydroxylation is 1. The molecule has 0 radical (unpaired) electrons. The Morgan fingerprint density at radius 3 is 2.74 bits per heavy atom. The fourth-order valence-electron chi connectivity index (χ4n) is 1.88. The number of halogens is 1. The van der Waals surface area contributed by atoms with Crippen LogP contribution in [0.2, 0.25) is 0 Å². The number of hydrogen-bond donors (Lipinski definition) is 0. The Hall–Kier alpha value is -1.90. The fraction of sp³-hybridized carbons (Fsp3) is 0.312. The summed E-state index contributed by atoms with van der Waals surface area (Å²) in [5, 5.41) is 0. The molecule has 2 rings (SSSR count). The number of aromatic nitrogens is 1. The predicted octanol–water partition coefficient (Wildman–Crippen LogP) is 4.23. The predicted molar refractivity (Wildman–Crippen MR) is 73.8 cm³/mol. The van der Waals surface area contributed by atoms with E-state index in [2.05, 4.69) is 4.98 Å². The van der Waals surface area contributed by atoms with E-state index in [-0.39, 0.29) is 11.7 Å². The molecule has 0 atom stereocenters. The van der Waals surface area contributed by atoms with Gasteiger partial charge in [0.1, 0.15) is 18.2 Å². The Kier molecular flexibility index (Phi) is 4.15. The monoisotopic (exact) mass is 259 g/mol. The molecule has 0 spiro atoms. The molecule has 0 amide bonds. The fourth-order valence-corrected chi connectivity index (χ4v) is 1.88. The van der Waals surface area contributed by atoms with Gasteiger partial charge in [0, 0.05) is 6.20 Å². The van der Waals surface area contributed by atoms with Gasteiger partial charge >= 0.3 is 0 Å². The molecule has 0 unspecified atom stereocenters. The van der Waals surface area contributed by atoms with Crippen LogP contribution >= 0.6 is 0 Å². The molecule has 0 N–H and O–H groups in total. The summed E-state index contributed by atoms with van der Waals surface area (Å²) >= 11 is 0. The van der Waals surface area contributed by atoms with E-state index in [0.29, 0.717) is 17.9 Å². The molecular weight excluding hydrogens is 241 g/mol. The largest absolute Gasteiger partial charge is 0.487 e. The van der Waals surface area contributed by atoms with Crippen molar-refractivity contribution in [3.05, 3.63) is 59.2 Å². The molecule has 1 aromatic carbocycles. The highest BCUT2D eigenvalue weighted by atomic mass is 19.1. The SMILES string of the molecule is Cc1cccnc1COc1ccc(F)c(C(C)C)c1. The van der Waals surface area contributed by atoms with E-state index in [1.807, 2.05) is 32.9 Å². The third-order valence-corrected chi connectivity index (χ3v) is 3.08. The zero-order chi connectivity index (χ0) is 13.8. The van der Waals surface area contributed by atoms with Crippen molar-refractivity contribution < 1.29 is 9.13 Å². The molecule has 0 bridgehead atoms. The summed E-state index contributed by atoms with van der Waals surface area (Å²) in [7, 11) is 0. The molecule has 0 fully saturated rings. The number of nitrogens with zero attached hydrogens (tertiary/aromatic N) is 1. The molecule has 3 heteroatoms. The van der Waals surface area contributed by atoms with E-state index in [1.165, 1.54) is 6.07 Å². The van der Waals surface area contributed by atoms with E-state index in [4.69, 9.17) is 4.74 Å². The van der Waals surface area contributed by atoms with Gasteiger partial charge in [-0.25, -0.2) is 4.39 Å². The Bertz CT molecular complexity index is 566. The van der Waals surface area contributed by atoms with Gasteiger partial charge in [0.05, 0.1) is 5.69 Å². The Morgan fingerprint density at radius 2 is 2.05 bits per heavy atom. The Morgan fingerprint density at radius 1 is 1.26 bits per heavy atom. The van der Waals surface area contributed by atoms with Gasteiger partial charge in [-0.3, -0.25) is 4.98 Å². The maximum Gasteiger partial charge on any atom is 0.130 e. The minimum absolute atomic E-state index is 0.139. The van der Waals surface area contributed by atoms with Crippen molar-refractivity contribution in [3.8, 4) is 5.75 Å². The smallest absolute Gasteiger partial charge is 0.130 e. The van der Waals surface area contributed by atoms with Crippen molar-refractivity contribution in [2.24, 2.45) is 0 Å². The molecule has 2 nitrogen and oxygen atoms in total. The van der Waals surface area contributed by atoms with Crippen molar-refractivity contribution in [1.82, 2.24) is 4.98 Å². The summed E-state index contributed by atoms with van der Waals surface area (Å²) in [4.78, 5) is 4.27. The molecule has 0 aliphatic carbocycles. The van der Waals surface area contributed by atoms with Gasteiger partial charge in [-0.05, 0) is 48.2 Å². The zero-order valence-corrected chi connectivity index (χ0v) is 11.5. The number of hydrogen-bond acceptors (Lipinski definition) is 2. The first kappa shape index (κ1) is 13.5. The molecule has 2 aromatic rings. The minimum atomic E-state index is -0.184. The first-order chi connectivity index (χ1) is 9.08. The van der Waals surface area contributed by atoms with Crippen LogP contribution in [0.5, 0.6) is 5.75 Å². The second-order valence-corrected chi connectivity index (χ2v) is 4.89. The molecular formula is C16H18FNO. The van der Waals surface area contributed by atoms with Gasteiger partial charge in [0.25, 0.3) is 0 Å². The first-order valence-corrected chi connectivity index (χ1v) is 6.40. The molecule has 0 saturated heterocycles. The van der Waals surface area contributed by atoms with Crippen molar-refractivity contribution in [3.63, 3.8) is 0 Å².